The molecule has 0 bridgehead atoms. The fourth-order valence-electron chi connectivity index (χ4n) is 4.67. The van der Waals surface area contributed by atoms with Gasteiger partial charge in [0.1, 0.15) is 18.1 Å². The van der Waals surface area contributed by atoms with Gasteiger partial charge in [-0.3, -0.25) is 9.69 Å². The standard InChI is InChI=1S/C26H29F3N2O3/c1-16-19(12-31-13-20(14-31)25(32)30-2)6-5-18-11-21(7-8-22(16)18)34-15-17-4-9-24(33-3)23(10-17)26(27,28)29/h4,7-11,20H,5-6,12-15H2,1-3H3,(H,30,32). The van der Waals surface area contributed by atoms with Gasteiger partial charge in [0.2, 0.25) is 5.91 Å². The summed E-state index contributed by atoms with van der Waals surface area (Å²) in [6.45, 7) is 4.61. The van der Waals surface area contributed by atoms with Crippen molar-refractivity contribution in [1.82, 2.24) is 10.2 Å². The molecule has 34 heavy (non-hydrogen) atoms. The number of aryl methyl sites for hydroxylation is 1. The maximum atomic E-state index is 13.3. The minimum absolute atomic E-state index is 0.0351. The van der Waals surface area contributed by atoms with Gasteiger partial charge in [0.25, 0.3) is 0 Å². The Kier molecular flexibility index (Phi) is 6.89. The van der Waals surface area contributed by atoms with Crippen LogP contribution in [0.1, 0.15) is 35.6 Å². The number of likely N-dealkylation sites (tertiary alicyclic amines) is 1. The number of allylic oxidation sites excluding steroid dienone is 1. The van der Waals surface area contributed by atoms with Crippen molar-refractivity contribution >= 4 is 11.5 Å². The summed E-state index contributed by atoms with van der Waals surface area (Å²) < 4.78 is 50.5. The van der Waals surface area contributed by atoms with Crippen molar-refractivity contribution < 1.29 is 27.4 Å². The summed E-state index contributed by atoms with van der Waals surface area (Å²) in [4.78, 5) is 14.0. The molecule has 1 fully saturated rings. The van der Waals surface area contributed by atoms with Crippen LogP contribution in [0, 0.1) is 5.92 Å². The maximum Gasteiger partial charge on any atom is 0.419 e. The Hall–Kier alpha value is -3.00. The summed E-state index contributed by atoms with van der Waals surface area (Å²) in [5, 5.41) is 2.71. The van der Waals surface area contributed by atoms with Gasteiger partial charge in [-0.15, -0.1) is 0 Å². The highest BCUT2D eigenvalue weighted by Crippen LogP contribution is 2.37. The number of hydrogen-bond donors (Lipinski definition) is 1. The number of ether oxygens (including phenoxy) is 2. The molecule has 2 aromatic carbocycles. The van der Waals surface area contributed by atoms with Gasteiger partial charge >= 0.3 is 6.18 Å². The van der Waals surface area contributed by atoms with E-state index in [0.717, 1.165) is 38.5 Å². The molecule has 1 N–H and O–H groups in total. The lowest BCUT2D eigenvalue weighted by atomic mass is 9.85. The third-order valence-corrected chi connectivity index (χ3v) is 6.67. The number of carbonyl (C=O) groups excluding carboxylic acids is 1. The Balaban J connectivity index is 1.41. The lowest BCUT2D eigenvalue weighted by Gasteiger charge is -2.39. The number of carbonyl (C=O) groups is 1. The lowest BCUT2D eigenvalue weighted by molar-refractivity contribution is -0.138. The van der Waals surface area contributed by atoms with Crippen LogP contribution in [0.5, 0.6) is 11.5 Å². The van der Waals surface area contributed by atoms with Crippen LogP contribution >= 0.6 is 0 Å². The molecule has 8 heteroatoms. The zero-order valence-corrected chi connectivity index (χ0v) is 19.6. The molecule has 1 saturated heterocycles. The van der Waals surface area contributed by atoms with Crippen molar-refractivity contribution in [3.05, 3.63) is 64.2 Å². The Labute approximate surface area is 197 Å². The number of halogens is 3. The SMILES string of the molecule is CNC(=O)C1CN(CC2=C(C)c3ccc(OCc4ccc(OC)c(C(F)(F)F)c4)cc3CC2)C1. The molecule has 2 aromatic rings. The largest absolute Gasteiger partial charge is 0.496 e. The summed E-state index contributed by atoms with van der Waals surface area (Å²) in [6.07, 6.45) is -2.67. The first kappa shape index (κ1) is 24.1. The van der Waals surface area contributed by atoms with Crippen LogP contribution in [-0.4, -0.2) is 44.6 Å². The highest BCUT2D eigenvalue weighted by atomic mass is 19.4. The molecule has 2 aliphatic rings. The van der Waals surface area contributed by atoms with Crippen molar-refractivity contribution in [2.45, 2.75) is 32.5 Å². The average molecular weight is 475 g/mol. The van der Waals surface area contributed by atoms with E-state index in [0.29, 0.717) is 11.3 Å². The van der Waals surface area contributed by atoms with Crippen LogP contribution in [0.3, 0.4) is 0 Å². The number of nitrogens with one attached hydrogen (secondary N) is 1. The highest BCUT2D eigenvalue weighted by molar-refractivity contribution is 5.79. The number of rotatable bonds is 7. The van der Waals surface area contributed by atoms with Gasteiger partial charge in [-0.05, 0) is 66.3 Å². The van der Waals surface area contributed by atoms with E-state index < -0.39 is 11.7 Å². The quantitative estimate of drug-likeness (QED) is 0.633. The first-order valence-corrected chi connectivity index (χ1v) is 11.3. The number of benzene rings is 2. The molecule has 0 unspecified atom stereocenters. The van der Waals surface area contributed by atoms with Crippen molar-refractivity contribution in [2.24, 2.45) is 5.92 Å². The second kappa shape index (κ2) is 9.70. The predicted molar refractivity (Wildman–Crippen MR) is 124 cm³/mol. The van der Waals surface area contributed by atoms with Crippen LogP contribution < -0.4 is 14.8 Å². The van der Waals surface area contributed by atoms with E-state index in [1.165, 1.54) is 35.4 Å². The number of amides is 1. The highest BCUT2D eigenvalue weighted by Gasteiger charge is 2.35. The van der Waals surface area contributed by atoms with Crippen LogP contribution in [-0.2, 0) is 24.0 Å². The molecule has 1 aliphatic carbocycles. The van der Waals surface area contributed by atoms with Gasteiger partial charge in [0.05, 0.1) is 18.6 Å². The molecular formula is C26H29F3N2O3. The zero-order valence-electron chi connectivity index (χ0n) is 19.6. The van der Waals surface area contributed by atoms with Crippen LogP contribution in [0.2, 0.25) is 0 Å². The third kappa shape index (κ3) is 5.06. The van der Waals surface area contributed by atoms with Crippen molar-refractivity contribution in [2.75, 3.05) is 33.8 Å². The zero-order chi connectivity index (χ0) is 24.5. The number of nitrogens with zero attached hydrogens (tertiary/aromatic N) is 1. The van der Waals surface area contributed by atoms with E-state index in [1.807, 2.05) is 18.2 Å². The molecule has 1 amide bonds. The van der Waals surface area contributed by atoms with E-state index in [1.54, 1.807) is 13.1 Å². The Morgan fingerprint density at radius 2 is 1.91 bits per heavy atom. The summed E-state index contributed by atoms with van der Waals surface area (Å²) in [5.41, 5.74) is 4.61. The fraction of sp³-hybridized carbons (Fsp3) is 0.423. The summed E-state index contributed by atoms with van der Waals surface area (Å²) in [6, 6.07) is 9.84. The van der Waals surface area contributed by atoms with Gasteiger partial charge in [-0.2, -0.15) is 13.2 Å². The second-order valence-electron chi connectivity index (χ2n) is 8.87. The van der Waals surface area contributed by atoms with Crippen molar-refractivity contribution in [1.29, 1.82) is 0 Å². The normalized spacial score (nSPS) is 16.6. The molecule has 182 valence electrons. The first-order valence-electron chi connectivity index (χ1n) is 11.3. The fourth-order valence-corrected chi connectivity index (χ4v) is 4.67. The molecule has 0 radical (unpaired) electrons. The Morgan fingerprint density at radius 1 is 1.15 bits per heavy atom. The van der Waals surface area contributed by atoms with Gasteiger partial charge in [-0.1, -0.05) is 17.7 Å². The smallest absolute Gasteiger partial charge is 0.419 e. The minimum atomic E-state index is -4.49. The maximum absolute atomic E-state index is 13.3. The van der Waals surface area contributed by atoms with E-state index in [9.17, 15) is 18.0 Å². The van der Waals surface area contributed by atoms with Gasteiger partial charge < -0.3 is 14.8 Å². The van der Waals surface area contributed by atoms with E-state index in [-0.39, 0.29) is 24.2 Å². The number of hydrogen-bond acceptors (Lipinski definition) is 4. The molecule has 0 aromatic heterocycles. The topological polar surface area (TPSA) is 50.8 Å². The average Bonchev–Trinajstić information content (AvgIpc) is 2.79. The molecular weight excluding hydrogens is 445 g/mol. The Morgan fingerprint density at radius 3 is 2.59 bits per heavy atom. The summed E-state index contributed by atoms with van der Waals surface area (Å²) in [5.74, 6) is 0.619. The van der Waals surface area contributed by atoms with Crippen LogP contribution in [0.15, 0.2) is 42.0 Å². The van der Waals surface area contributed by atoms with Crippen molar-refractivity contribution in [3.8, 4) is 11.5 Å². The summed E-state index contributed by atoms with van der Waals surface area (Å²) in [7, 11) is 2.89. The van der Waals surface area contributed by atoms with E-state index in [2.05, 4.69) is 17.1 Å². The van der Waals surface area contributed by atoms with Gasteiger partial charge in [0, 0.05) is 26.7 Å². The molecule has 0 spiro atoms. The predicted octanol–water partition coefficient (Wildman–Crippen LogP) is 4.69. The van der Waals surface area contributed by atoms with Gasteiger partial charge in [0.15, 0.2) is 0 Å². The monoisotopic (exact) mass is 474 g/mol. The van der Waals surface area contributed by atoms with E-state index in [4.69, 9.17) is 9.47 Å². The number of alkyl halides is 3. The van der Waals surface area contributed by atoms with Crippen LogP contribution in [0.25, 0.3) is 5.57 Å². The summed E-state index contributed by atoms with van der Waals surface area (Å²) >= 11 is 0. The number of fused-ring (bicyclic) bond motifs is 1. The third-order valence-electron chi connectivity index (χ3n) is 6.67. The molecule has 4 rings (SSSR count). The Bertz CT molecular complexity index is 1100. The molecule has 5 nitrogen and oxygen atoms in total. The van der Waals surface area contributed by atoms with Crippen LogP contribution in [0.4, 0.5) is 13.2 Å². The van der Waals surface area contributed by atoms with Gasteiger partial charge in [-0.25, -0.2) is 0 Å². The minimum Gasteiger partial charge on any atom is -0.496 e. The first-order chi connectivity index (χ1) is 16.2. The van der Waals surface area contributed by atoms with Crippen molar-refractivity contribution in [3.63, 3.8) is 0 Å². The molecule has 0 atom stereocenters. The molecule has 1 heterocycles. The van der Waals surface area contributed by atoms with E-state index >= 15 is 0 Å². The second-order valence-corrected chi connectivity index (χ2v) is 8.87. The molecule has 1 aliphatic heterocycles. The number of methoxy groups -OCH3 is 1. The lowest BCUT2D eigenvalue weighted by Crippen LogP contribution is -2.53. The molecule has 0 saturated carbocycles.